The Kier molecular flexibility index (Phi) is 5.41. The molecule has 0 bridgehead atoms. The van der Waals surface area contributed by atoms with E-state index in [0.717, 1.165) is 24.1 Å². The third-order valence-corrected chi connectivity index (χ3v) is 4.46. The highest BCUT2D eigenvalue weighted by molar-refractivity contribution is 6.25. The molecule has 1 aromatic carbocycles. The number of ether oxygens (including phenoxy) is 1. The van der Waals surface area contributed by atoms with Crippen molar-refractivity contribution in [2.75, 3.05) is 4.90 Å². The van der Waals surface area contributed by atoms with Crippen molar-refractivity contribution < 1.29 is 9.53 Å². The lowest BCUT2D eigenvalue weighted by Gasteiger charge is -2.32. The third-order valence-electron chi connectivity index (χ3n) is 4.09. The number of hydrogen-bond donors (Lipinski definition) is 0. The number of fused-ring (bicyclic) bond motifs is 1. The van der Waals surface area contributed by atoms with Gasteiger partial charge in [0, 0.05) is 11.6 Å². The van der Waals surface area contributed by atoms with Gasteiger partial charge in [-0.1, -0.05) is 42.3 Å². The number of carbonyl (C=O) groups excluding carboxylic acids is 1. The minimum atomic E-state index is -0.506. The Morgan fingerprint density at radius 1 is 1.43 bits per heavy atom. The van der Waals surface area contributed by atoms with E-state index < -0.39 is 5.60 Å². The largest absolute Gasteiger partial charge is 0.443 e. The van der Waals surface area contributed by atoms with Crippen LogP contribution in [0.5, 0.6) is 0 Å². The van der Waals surface area contributed by atoms with E-state index in [2.05, 4.69) is 13.0 Å². The van der Waals surface area contributed by atoms with Crippen molar-refractivity contribution in [1.82, 2.24) is 0 Å². The molecule has 0 aliphatic carbocycles. The van der Waals surface area contributed by atoms with Crippen LogP contribution in [0, 0.1) is 5.92 Å². The fourth-order valence-corrected chi connectivity index (χ4v) is 3.19. The SMILES string of the molecule is C/C(=C\Cl)C[C@H](C)[C@H]1Cc2ccccc2N1C(=O)OC(C)(C)C. The average molecular weight is 336 g/mol. The Bertz CT molecular complexity index is 604. The molecular formula is C19H26ClNO2. The number of amides is 1. The summed E-state index contributed by atoms with van der Waals surface area (Å²) in [5, 5.41) is 0. The molecule has 0 aromatic heterocycles. The van der Waals surface area contributed by atoms with Crippen LogP contribution in [0.1, 0.15) is 46.6 Å². The number of benzene rings is 1. The molecule has 2 atom stereocenters. The number of anilines is 1. The number of allylic oxidation sites excluding steroid dienone is 1. The Hall–Kier alpha value is -1.48. The van der Waals surface area contributed by atoms with Gasteiger partial charge in [0.2, 0.25) is 0 Å². The fraction of sp³-hybridized carbons (Fsp3) is 0.526. The van der Waals surface area contributed by atoms with Crippen LogP contribution in [0.2, 0.25) is 0 Å². The Labute approximate surface area is 144 Å². The normalized spacial score (nSPS) is 19.5. The van der Waals surface area contributed by atoms with E-state index in [1.54, 1.807) is 5.54 Å². The summed E-state index contributed by atoms with van der Waals surface area (Å²) in [5.41, 5.74) is 4.40. The lowest BCUT2D eigenvalue weighted by atomic mass is 9.92. The second-order valence-corrected chi connectivity index (χ2v) is 7.61. The first-order valence-electron chi connectivity index (χ1n) is 8.09. The molecule has 1 heterocycles. The lowest BCUT2D eigenvalue weighted by Crippen LogP contribution is -2.44. The lowest BCUT2D eigenvalue weighted by molar-refractivity contribution is 0.0560. The molecule has 4 heteroatoms. The molecule has 1 amide bonds. The number of rotatable bonds is 3. The summed E-state index contributed by atoms with van der Waals surface area (Å²) < 4.78 is 5.64. The van der Waals surface area contributed by atoms with Crippen molar-refractivity contribution >= 4 is 23.4 Å². The number of nitrogens with zero attached hydrogens (tertiary/aromatic N) is 1. The number of para-hydroxylation sites is 1. The van der Waals surface area contributed by atoms with Crippen LogP contribution in [0.25, 0.3) is 0 Å². The van der Waals surface area contributed by atoms with Gasteiger partial charge >= 0.3 is 6.09 Å². The van der Waals surface area contributed by atoms with E-state index in [1.807, 2.05) is 50.8 Å². The summed E-state index contributed by atoms with van der Waals surface area (Å²) in [7, 11) is 0. The van der Waals surface area contributed by atoms with Crippen LogP contribution in [-0.4, -0.2) is 17.7 Å². The molecule has 1 aromatic rings. The first-order valence-corrected chi connectivity index (χ1v) is 8.52. The van der Waals surface area contributed by atoms with Crippen LogP contribution in [0.4, 0.5) is 10.5 Å². The fourth-order valence-electron chi connectivity index (χ4n) is 3.10. The van der Waals surface area contributed by atoms with Gasteiger partial charge in [0.25, 0.3) is 0 Å². The van der Waals surface area contributed by atoms with Crippen LogP contribution in [0.3, 0.4) is 0 Å². The molecule has 0 saturated carbocycles. The Morgan fingerprint density at radius 2 is 2.09 bits per heavy atom. The summed E-state index contributed by atoms with van der Waals surface area (Å²) >= 11 is 5.81. The number of hydrogen-bond acceptors (Lipinski definition) is 2. The average Bonchev–Trinajstić information content (AvgIpc) is 2.84. The summed E-state index contributed by atoms with van der Waals surface area (Å²) in [6.07, 6.45) is 1.44. The summed E-state index contributed by atoms with van der Waals surface area (Å²) in [4.78, 5) is 14.6. The molecule has 0 spiro atoms. The summed E-state index contributed by atoms with van der Waals surface area (Å²) in [5.74, 6) is 0.296. The van der Waals surface area contributed by atoms with Gasteiger partial charge in [0.15, 0.2) is 0 Å². The molecule has 0 fully saturated rings. The van der Waals surface area contributed by atoms with Gasteiger partial charge in [-0.3, -0.25) is 4.90 Å². The molecular weight excluding hydrogens is 310 g/mol. The van der Waals surface area contributed by atoms with Gasteiger partial charge in [-0.15, -0.1) is 0 Å². The highest BCUT2D eigenvalue weighted by Crippen LogP contribution is 2.37. The van der Waals surface area contributed by atoms with Crippen LogP contribution in [0.15, 0.2) is 35.4 Å². The quantitative estimate of drug-likeness (QED) is 0.727. The van der Waals surface area contributed by atoms with Gasteiger partial charge in [0.1, 0.15) is 5.60 Å². The molecule has 1 aliphatic rings. The summed E-state index contributed by atoms with van der Waals surface area (Å²) in [6, 6.07) is 8.16. The predicted octanol–water partition coefficient (Wildman–Crippen LogP) is 5.52. The molecule has 1 aliphatic heterocycles. The standard InChI is InChI=1S/C19H26ClNO2/c1-13(12-20)10-14(2)17-11-15-8-6-7-9-16(15)21(17)18(22)23-19(3,4)5/h6-9,12,14,17H,10-11H2,1-5H3/b13-12+/t14-,17+/m0/s1. The molecule has 126 valence electrons. The van der Waals surface area contributed by atoms with E-state index in [0.29, 0.717) is 5.92 Å². The minimum Gasteiger partial charge on any atom is -0.443 e. The molecule has 0 saturated heterocycles. The van der Waals surface area contributed by atoms with Gasteiger partial charge in [-0.25, -0.2) is 4.79 Å². The van der Waals surface area contributed by atoms with Gasteiger partial charge in [0.05, 0.1) is 5.69 Å². The topological polar surface area (TPSA) is 29.5 Å². The molecule has 0 radical (unpaired) electrons. The summed E-state index contributed by atoms with van der Waals surface area (Å²) in [6.45, 7) is 9.87. The monoisotopic (exact) mass is 335 g/mol. The van der Waals surface area contributed by atoms with E-state index in [9.17, 15) is 4.79 Å². The minimum absolute atomic E-state index is 0.0915. The van der Waals surface area contributed by atoms with Crippen molar-refractivity contribution in [3.8, 4) is 0 Å². The molecule has 0 N–H and O–H groups in total. The van der Waals surface area contributed by atoms with E-state index in [-0.39, 0.29) is 12.1 Å². The zero-order valence-electron chi connectivity index (χ0n) is 14.6. The maximum absolute atomic E-state index is 12.8. The van der Waals surface area contributed by atoms with Crippen molar-refractivity contribution in [3.63, 3.8) is 0 Å². The van der Waals surface area contributed by atoms with Crippen LogP contribution in [-0.2, 0) is 11.2 Å². The van der Waals surface area contributed by atoms with Crippen molar-refractivity contribution in [2.24, 2.45) is 5.92 Å². The van der Waals surface area contributed by atoms with Crippen LogP contribution < -0.4 is 4.90 Å². The van der Waals surface area contributed by atoms with E-state index in [4.69, 9.17) is 16.3 Å². The van der Waals surface area contributed by atoms with Gasteiger partial charge in [-0.2, -0.15) is 0 Å². The smallest absolute Gasteiger partial charge is 0.415 e. The second kappa shape index (κ2) is 6.96. The zero-order chi connectivity index (χ0) is 17.2. The maximum atomic E-state index is 12.8. The Morgan fingerprint density at radius 3 is 2.70 bits per heavy atom. The molecule has 2 rings (SSSR count). The van der Waals surface area contributed by atoms with Gasteiger partial charge in [-0.05, 0) is 58.1 Å². The highest BCUT2D eigenvalue weighted by Gasteiger charge is 2.38. The molecule has 3 nitrogen and oxygen atoms in total. The first kappa shape index (κ1) is 17.9. The first-order chi connectivity index (χ1) is 10.7. The number of halogens is 1. The second-order valence-electron chi connectivity index (χ2n) is 7.39. The van der Waals surface area contributed by atoms with E-state index >= 15 is 0 Å². The van der Waals surface area contributed by atoms with Crippen LogP contribution >= 0.6 is 11.6 Å². The van der Waals surface area contributed by atoms with Crippen molar-refractivity contribution in [3.05, 3.63) is 40.9 Å². The third kappa shape index (κ3) is 4.29. The zero-order valence-corrected chi connectivity index (χ0v) is 15.4. The van der Waals surface area contributed by atoms with Crippen molar-refractivity contribution in [2.45, 2.75) is 59.1 Å². The van der Waals surface area contributed by atoms with E-state index in [1.165, 1.54) is 5.56 Å². The highest BCUT2D eigenvalue weighted by atomic mass is 35.5. The predicted molar refractivity (Wildman–Crippen MR) is 96.0 cm³/mol. The molecule has 23 heavy (non-hydrogen) atoms. The Balaban J connectivity index is 2.29. The number of carbonyl (C=O) groups is 1. The molecule has 0 unspecified atom stereocenters. The van der Waals surface area contributed by atoms with Gasteiger partial charge < -0.3 is 4.74 Å². The maximum Gasteiger partial charge on any atom is 0.415 e. The van der Waals surface area contributed by atoms with Crippen molar-refractivity contribution in [1.29, 1.82) is 0 Å².